The molecule has 1 unspecified atom stereocenters. The summed E-state index contributed by atoms with van der Waals surface area (Å²) in [5.41, 5.74) is 0.353. The van der Waals surface area contributed by atoms with E-state index in [1.807, 2.05) is 0 Å². The van der Waals surface area contributed by atoms with E-state index in [1.165, 1.54) is 19.1 Å². The number of aromatic hydroxyl groups is 1. The quantitative estimate of drug-likeness (QED) is 0.647. The lowest BCUT2D eigenvalue weighted by atomic mass is 9.87. The van der Waals surface area contributed by atoms with Crippen LogP contribution in [0.5, 0.6) is 5.75 Å². The van der Waals surface area contributed by atoms with Gasteiger partial charge in [-0.3, -0.25) is 0 Å². The Balaban J connectivity index is 2.09. The second kappa shape index (κ2) is 7.45. The highest BCUT2D eigenvalue weighted by atomic mass is 16.4. The van der Waals surface area contributed by atoms with Crippen LogP contribution in [-0.4, -0.2) is 22.0 Å². The molecule has 0 spiro atoms. The Morgan fingerprint density at radius 1 is 1.11 bits per heavy atom. The van der Waals surface area contributed by atoms with Crippen LogP contribution in [0.3, 0.4) is 0 Å². The highest BCUT2D eigenvalue weighted by Crippen LogP contribution is 2.34. The van der Waals surface area contributed by atoms with Gasteiger partial charge in [0.25, 0.3) is 0 Å². The number of fused-ring (bicyclic) bond motifs is 1. The van der Waals surface area contributed by atoms with Crippen LogP contribution in [0.1, 0.15) is 40.7 Å². The Morgan fingerprint density at radius 2 is 1.85 bits per heavy atom. The fourth-order valence-electron chi connectivity index (χ4n) is 3.25. The van der Waals surface area contributed by atoms with Gasteiger partial charge in [0.2, 0.25) is 0 Å². The molecule has 0 amide bonds. The molecule has 0 radical (unpaired) electrons. The van der Waals surface area contributed by atoms with Gasteiger partial charge in [0.05, 0.1) is 16.5 Å². The number of rotatable bonds is 6. The first-order chi connectivity index (χ1) is 12.9. The highest BCUT2D eigenvalue weighted by Gasteiger charge is 2.25. The second-order valence-corrected chi connectivity index (χ2v) is 6.46. The van der Waals surface area contributed by atoms with E-state index >= 15 is 0 Å². The lowest BCUT2D eigenvalue weighted by Crippen LogP contribution is -2.17. The van der Waals surface area contributed by atoms with Gasteiger partial charge in [0, 0.05) is 12.3 Å². The summed E-state index contributed by atoms with van der Waals surface area (Å²) in [5, 5.41) is 20.2. The van der Waals surface area contributed by atoms with Gasteiger partial charge in [-0.2, -0.15) is 0 Å². The van der Waals surface area contributed by atoms with Gasteiger partial charge in [-0.1, -0.05) is 24.3 Å². The van der Waals surface area contributed by atoms with Crippen LogP contribution in [0.4, 0.5) is 0 Å². The number of benzene rings is 2. The maximum absolute atomic E-state index is 12.5. The molecule has 0 aliphatic heterocycles. The average Bonchev–Trinajstić information content (AvgIpc) is 2.61. The van der Waals surface area contributed by atoms with E-state index in [0.717, 1.165) is 0 Å². The van der Waals surface area contributed by atoms with E-state index in [4.69, 9.17) is 9.52 Å². The molecule has 0 aliphatic rings. The molecule has 2 aromatic carbocycles. The molecular formula is C21H18O6. The van der Waals surface area contributed by atoms with Crippen molar-refractivity contribution in [3.05, 3.63) is 75.6 Å². The zero-order chi connectivity index (χ0) is 19.6. The Labute approximate surface area is 154 Å². The van der Waals surface area contributed by atoms with E-state index < -0.39 is 17.5 Å². The van der Waals surface area contributed by atoms with E-state index in [0.29, 0.717) is 10.9 Å². The topological polar surface area (TPSA) is 105 Å². The predicted molar refractivity (Wildman–Crippen MR) is 99.3 cm³/mol. The third-order valence-corrected chi connectivity index (χ3v) is 4.42. The number of hydrogen-bond donors (Lipinski definition) is 2. The lowest BCUT2D eigenvalue weighted by molar-refractivity contribution is -0.117. The molecule has 1 aromatic heterocycles. The van der Waals surface area contributed by atoms with Crippen LogP contribution >= 0.6 is 0 Å². The summed E-state index contributed by atoms with van der Waals surface area (Å²) in [7, 11) is 0. The third kappa shape index (κ3) is 3.89. The third-order valence-electron chi connectivity index (χ3n) is 4.42. The number of carbonyl (C=O) groups is 2. The van der Waals surface area contributed by atoms with Crippen LogP contribution in [0, 0.1) is 0 Å². The molecule has 0 aliphatic carbocycles. The Hall–Kier alpha value is -3.41. The van der Waals surface area contributed by atoms with Crippen LogP contribution in [0.2, 0.25) is 0 Å². The zero-order valence-corrected chi connectivity index (χ0v) is 14.6. The number of ketones is 1. The first-order valence-corrected chi connectivity index (χ1v) is 8.43. The van der Waals surface area contributed by atoms with Crippen LogP contribution in [-0.2, 0) is 11.2 Å². The lowest BCUT2D eigenvalue weighted by Gasteiger charge is -2.17. The van der Waals surface area contributed by atoms with E-state index in [-0.39, 0.29) is 41.1 Å². The van der Waals surface area contributed by atoms with Crippen LogP contribution in [0.15, 0.2) is 57.7 Å². The van der Waals surface area contributed by atoms with Crippen LogP contribution in [0.25, 0.3) is 11.0 Å². The maximum Gasteiger partial charge on any atom is 0.343 e. The molecule has 0 saturated heterocycles. The molecule has 1 heterocycles. The highest BCUT2D eigenvalue weighted by molar-refractivity contribution is 5.88. The fourth-order valence-corrected chi connectivity index (χ4v) is 3.25. The standard InChI is InChI=1S/C21H18O6/c1-12(22)9-15(11-13-5-4-6-14(10-13)20(24)25)18-19(23)16-7-2-3-8-17(16)27-21(18)26/h2-8,10,15,23H,9,11H2,1H3,(H,24,25). The predicted octanol–water partition coefficient (Wildman–Crippen LogP) is 3.50. The summed E-state index contributed by atoms with van der Waals surface area (Å²) >= 11 is 0. The molecule has 0 fully saturated rings. The molecule has 3 aromatic rings. The molecule has 2 N–H and O–H groups in total. The van der Waals surface area contributed by atoms with Crippen molar-refractivity contribution in [2.24, 2.45) is 0 Å². The van der Waals surface area contributed by atoms with Crippen molar-refractivity contribution in [1.82, 2.24) is 0 Å². The van der Waals surface area contributed by atoms with Crippen molar-refractivity contribution in [3.63, 3.8) is 0 Å². The second-order valence-electron chi connectivity index (χ2n) is 6.46. The van der Waals surface area contributed by atoms with Gasteiger partial charge >= 0.3 is 11.6 Å². The van der Waals surface area contributed by atoms with Crippen molar-refractivity contribution in [3.8, 4) is 5.75 Å². The van der Waals surface area contributed by atoms with Crippen LogP contribution < -0.4 is 5.63 Å². The molecule has 6 heteroatoms. The normalized spacial score (nSPS) is 12.0. The molecular weight excluding hydrogens is 348 g/mol. The number of Topliss-reactive ketones (excluding diaryl/α,β-unsaturated/α-hetero) is 1. The number of aromatic carboxylic acids is 1. The smallest absolute Gasteiger partial charge is 0.343 e. The van der Waals surface area contributed by atoms with Gasteiger partial charge in [-0.25, -0.2) is 9.59 Å². The van der Waals surface area contributed by atoms with Crippen molar-refractivity contribution < 1.29 is 24.2 Å². The van der Waals surface area contributed by atoms with E-state index in [1.54, 1.807) is 36.4 Å². The molecule has 6 nitrogen and oxygen atoms in total. The minimum Gasteiger partial charge on any atom is -0.507 e. The average molecular weight is 366 g/mol. The number of hydrogen-bond acceptors (Lipinski definition) is 5. The summed E-state index contributed by atoms with van der Waals surface area (Å²) in [6.45, 7) is 1.40. The van der Waals surface area contributed by atoms with Gasteiger partial charge in [-0.15, -0.1) is 0 Å². The zero-order valence-electron chi connectivity index (χ0n) is 14.6. The number of carboxylic acid groups (broad SMARTS) is 1. The number of para-hydroxylation sites is 1. The van der Waals surface area contributed by atoms with Crippen molar-refractivity contribution in [1.29, 1.82) is 0 Å². The Bertz CT molecular complexity index is 1080. The molecule has 27 heavy (non-hydrogen) atoms. The van der Waals surface area contributed by atoms with E-state index in [2.05, 4.69) is 0 Å². The largest absolute Gasteiger partial charge is 0.507 e. The van der Waals surface area contributed by atoms with E-state index in [9.17, 15) is 19.5 Å². The van der Waals surface area contributed by atoms with Gasteiger partial charge < -0.3 is 19.4 Å². The molecule has 138 valence electrons. The first-order valence-electron chi connectivity index (χ1n) is 8.43. The van der Waals surface area contributed by atoms with Gasteiger partial charge in [0.1, 0.15) is 17.1 Å². The Kier molecular flexibility index (Phi) is 5.07. The summed E-state index contributed by atoms with van der Waals surface area (Å²) < 4.78 is 5.31. The molecule has 0 bridgehead atoms. The summed E-state index contributed by atoms with van der Waals surface area (Å²) in [5.74, 6) is -2.05. The number of carbonyl (C=O) groups excluding carboxylic acids is 1. The molecule has 0 saturated carbocycles. The monoisotopic (exact) mass is 366 g/mol. The van der Waals surface area contributed by atoms with Crippen molar-refractivity contribution >= 4 is 22.7 Å². The minimum atomic E-state index is -1.06. The fraction of sp³-hybridized carbons (Fsp3) is 0.190. The summed E-state index contributed by atoms with van der Waals surface area (Å²) in [4.78, 5) is 35.5. The van der Waals surface area contributed by atoms with Crippen molar-refractivity contribution in [2.45, 2.75) is 25.7 Å². The SMILES string of the molecule is CC(=O)CC(Cc1cccc(C(=O)O)c1)c1c(O)c2ccccc2oc1=O. The molecule has 3 rings (SSSR count). The number of carboxylic acids is 1. The summed E-state index contributed by atoms with van der Waals surface area (Å²) in [6, 6.07) is 12.9. The Morgan fingerprint density at radius 3 is 2.56 bits per heavy atom. The van der Waals surface area contributed by atoms with Gasteiger partial charge in [0.15, 0.2) is 0 Å². The van der Waals surface area contributed by atoms with Crippen molar-refractivity contribution in [2.75, 3.05) is 0 Å². The van der Waals surface area contributed by atoms with Gasteiger partial charge in [-0.05, 0) is 43.2 Å². The summed E-state index contributed by atoms with van der Waals surface area (Å²) in [6.07, 6.45) is 0.241. The maximum atomic E-state index is 12.5. The minimum absolute atomic E-state index is 0.0218. The molecule has 1 atom stereocenters. The first kappa shape index (κ1) is 18.4.